The number of nitrogens with one attached hydrogen (secondary N) is 1. The third kappa shape index (κ3) is 3.14. The van der Waals surface area contributed by atoms with Gasteiger partial charge in [-0.15, -0.1) is 0 Å². The summed E-state index contributed by atoms with van der Waals surface area (Å²) in [6, 6.07) is 11.3. The predicted octanol–water partition coefficient (Wildman–Crippen LogP) is 3.90. The first-order valence-corrected chi connectivity index (χ1v) is 6.57. The highest BCUT2D eigenvalue weighted by Gasteiger charge is 2.08. The highest BCUT2D eigenvalue weighted by Crippen LogP contribution is 2.23. The number of hydrogen-bond acceptors (Lipinski definition) is 2. The van der Waals surface area contributed by atoms with Gasteiger partial charge in [0.05, 0.1) is 5.69 Å². The molecule has 0 saturated carbocycles. The van der Waals surface area contributed by atoms with E-state index in [2.05, 4.69) is 27.9 Å². The predicted molar refractivity (Wildman–Crippen MR) is 80.2 cm³/mol. The molecule has 1 amide bonds. The Morgan fingerprint density at radius 2 is 1.83 bits per heavy atom. The van der Waals surface area contributed by atoms with Gasteiger partial charge in [-0.25, -0.2) is 0 Å². The number of rotatable bonds is 2. The lowest BCUT2D eigenvalue weighted by Crippen LogP contribution is -2.12. The standard InChI is InChI=1S/C13H9ClINO2/c14-9-3-6-12(11(15)7-9)16-13(18)8-1-4-10(17)5-2-8/h1-7,17H,(H,16,18). The van der Waals surface area contributed by atoms with Crippen molar-refractivity contribution in [2.75, 3.05) is 5.32 Å². The van der Waals surface area contributed by atoms with Crippen LogP contribution in [-0.2, 0) is 0 Å². The van der Waals surface area contributed by atoms with Crippen LogP contribution in [0.4, 0.5) is 5.69 Å². The van der Waals surface area contributed by atoms with Crippen LogP contribution in [0.1, 0.15) is 10.4 Å². The van der Waals surface area contributed by atoms with Crippen LogP contribution in [0.5, 0.6) is 5.75 Å². The van der Waals surface area contributed by atoms with Gasteiger partial charge in [-0.2, -0.15) is 0 Å². The monoisotopic (exact) mass is 373 g/mol. The van der Waals surface area contributed by atoms with Crippen LogP contribution in [0.3, 0.4) is 0 Å². The molecule has 2 aromatic rings. The number of phenols is 1. The summed E-state index contributed by atoms with van der Waals surface area (Å²) in [5, 5.41) is 12.6. The summed E-state index contributed by atoms with van der Waals surface area (Å²) in [7, 11) is 0. The van der Waals surface area contributed by atoms with Gasteiger partial charge in [-0.05, 0) is 65.1 Å². The Labute approximate surface area is 123 Å². The van der Waals surface area contributed by atoms with E-state index >= 15 is 0 Å². The Morgan fingerprint density at radius 1 is 1.17 bits per heavy atom. The lowest BCUT2D eigenvalue weighted by Gasteiger charge is -2.07. The minimum atomic E-state index is -0.227. The number of hydrogen-bond donors (Lipinski definition) is 2. The Kier molecular flexibility index (Phi) is 4.08. The van der Waals surface area contributed by atoms with Gasteiger partial charge >= 0.3 is 0 Å². The molecule has 0 aliphatic rings. The van der Waals surface area contributed by atoms with Crippen LogP contribution in [0.25, 0.3) is 0 Å². The lowest BCUT2D eigenvalue weighted by molar-refractivity contribution is 0.102. The fraction of sp³-hybridized carbons (Fsp3) is 0. The average Bonchev–Trinajstić information content (AvgIpc) is 2.33. The molecule has 0 atom stereocenters. The summed E-state index contributed by atoms with van der Waals surface area (Å²) in [6.45, 7) is 0. The van der Waals surface area contributed by atoms with E-state index in [1.807, 2.05) is 0 Å². The largest absolute Gasteiger partial charge is 0.508 e. The van der Waals surface area contributed by atoms with Crippen molar-refractivity contribution >= 4 is 45.8 Å². The molecule has 18 heavy (non-hydrogen) atoms. The SMILES string of the molecule is O=C(Nc1ccc(Cl)cc1I)c1ccc(O)cc1. The molecule has 0 radical (unpaired) electrons. The molecular formula is C13H9ClINO2. The van der Waals surface area contributed by atoms with E-state index in [1.54, 1.807) is 30.3 Å². The van der Waals surface area contributed by atoms with Crippen LogP contribution < -0.4 is 5.32 Å². The normalized spacial score (nSPS) is 10.1. The first kappa shape index (κ1) is 13.2. The molecule has 0 heterocycles. The van der Waals surface area contributed by atoms with Crippen molar-refractivity contribution in [3.63, 3.8) is 0 Å². The molecule has 0 spiro atoms. The van der Waals surface area contributed by atoms with Crippen molar-refractivity contribution < 1.29 is 9.90 Å². The minimum Gasteiger partial charge on any atom is -0.508 e. The molecule has 0 aliphatic heterocycles. The van der Waals surface area contributed by atoms with Crippen LogP contribution in [0, 0.1) is 3.57 Å². The maximum absolute atomic E-state index is 11.9. The first-order valence-electron chi connectivity index (χ1n) is 5.12. The van der Waals surface area contributed by atoms with Gasteiger partial charge in [0.1, 0.15) is 5.75 Å². The number of carbonyl (C=O) groups is 1. The Bertz CT molecular complexity index is 584. The third-order valence-corrected chi connectivity index (χ3v) is 3.44. The third-order valence-electron chi connectivity index (χ3n) is 2.31. The summed E-state index contributed by atoms with van der Waals surface area (Å²) in [6.07, 6.45) is 0. The molecule has 2 rings (SSSR count). The van der Waals surface area contributed by atoms with E-state index in [1.165, 1.54) is 12.1 Å². The molecular weight excluding hydrogens is 365 g/mol. The lowest BCUT2D eigenvalue weighted by atomic mass is 10.2. The number of anilines is 1. The number of benzene rings is 2. The summed E-state index contributed by atoms with van der Waals surface area (Å²) in [4.78, 5) is 11.9. The zero-order valence-electron chi connectivity index (χ0n) is 9.15. The van der Waals surface area contributed by atoms with Gasteiger partial charge < -0.3 is 10.4 Å². The van der Waals surface area contributed by atoms with E-state index in [0.29, 0.717) is 16.3 Å². The number of halogens is 2. The number of amides is 1. The Morgan fingerprint density at radius 3 is 2.44 bits per heavy atom. The van der Waals surface area contributed by atoms with Crippen molar-refractivity contribution in [2.45, 2.75) is 0 Å². The zero-order chi connectivity index (χ0) is 13.1. The maximum Gasteiger partial charge on any atom is 0.255 e. The number of carbonyl (C=O) groups excluding carboxylic acids is 1. The maximum atomic E-state index is 11.9. The second-order valence-corrected chi connectivity index (χ2v) is 5.22. The molecule has 0 unspecified atom stereocenters. The quantitative estimate of drug-likeness (QED) is 0.784. The molecule has 0 saturated heterocycles. The summed E-state index contributed by atoms with van der Waals surface area (Å²) in [5.41, 5.74) is 1.19. The summed E-state index contributed by atoms with van der Waals surface area (Å²) < 4.78 is 0.868. The van der Waals surface area contributed by atoms with Gasteiger partial charge in [0.25, 0.3) is 5.91 Å². The van der Waals surface area contributed by atoms with Crippen LogP contribution in [-0.4, -0.2) is 11.0 Å². The van der Waals surface area contributed by atoms with Crippen molar-refractivity contribution in [3.05, 3.63) is 56.6 Å². The minimum absolute atomic E-state index is 0.132. The van der Waals surface area contributed by atoms with Crippen molar-refractivity contribution in [1.29, 1.82) is 0 Å². The van der Waals surface area contributed by atoms with E-state index in [0.717, 1.165) is 3.57 Å². The van der Waals surface area contributed by atoms with E-state index in [9.17, 15) is 4.79 Å². The number of aromatic hydroxyl groups is 1. The highest BCUT2D eigenvalue weighted by atomic mass is 127. The van der Waals surface area contributed by atoms with Crippen molar-refractivity contribution in [2.24, 2.45) is 0 Å². The summed E-state index contributed by atoms with van der Waals surface area (Å²) >= 11 is 7.95. The van der Waals surface area contributed by atoms with E-state index < -0.39 is 0 Å². The van der Waals surface area contributed by atoms with Crippen LogP contribution in [0.2, 0.25) is 5.02 Å². The van der Waals surface area contributed by atoms with Crippen molar-refractivity contribution in [3.8, 4) is 5.75 Å². The fourth-order valence-corrected chi connectivity index (χ4v) is 2.40. The fourth-order valence-electron chi connectivity index (χ4n) is 1.40. The second kappa shape index (κ2) is 5.58. The molecule has 0 fully saturated rings. The molecule has 2 N–H and O–H groups in total. The molecule has 0 aromatic heterocycles. The topological polar surface area (TPSA) is 49.3 Å². The van der Waals surface area contributed by atoms with E-state index in [-0.39, 0.29) is 11.7 Å². The smallest absolute Gasteiger partial charge is 0.255 e. The molecule has 92 valence electrons. The molecule has 0 bridgehead atoms. The first-order chi connectivity index (χ1) is 8.56. The average molecular weight is 374 g/mol. The van der Waals surface area contributed by atoms with E-state index in [4.69, 9.17) is 16.7 Å². The van der Waals surface area contributed by atoms with Gasteiger partial charge in [-0.1, -0.05) is 11.6 Å². The van der Waals surface area contributed by atoms with Gasteiger partial charge in [0.2, 0.25) is 0 Å². The van der Waals surface area contributed by atoms with Gasteiger partial charge in [-0.3, -0.25) is 4.79 Å². The molecule has 3 nitrogen and oxygen atoms in total. The number of phenolic OH excluding ortho intramolecular Hbond substituents is 1. The Balaban J connectivity index is 2.18. The molecule has 5 heteroatoms. The Hall–Kier alpha value is -1.27. The second-order valence-electron chi connectivity index (χ2n) is 3.63. The van der Waals surface area contributed by atoms with Gasteiger partial charge in [0, 0.05) is 14.2 Å². The van der Waals surface area contributed by atoms with Crippen LogP contribution >= 0.6 is 34.2 Å². The van der Waals surface area contributed by atoms with Crippen molar-refractivity contribution in [1.82, 2.24) is 0 Å². The van der Waals surface area contributed by atoms with Gasteiger partial charge in [0.15, 0.2) is 0 Å². The molecule has 2 aromatic carbocycles. The zero-order valence-corrected chi connectivity index (χ0v) is 12.1. The van der Waals surface area contributed by atoms with Crippen LogP contribution in [0.15, 0.2) is 42.5 Å². The summed E-state index contributed by atoms with van der Waals surface area (Å²) in [5.74, 6) is -0.0946. The highest BCUT2D eigenvalue weighted by molar-refractivity contribution is 14.1. The molecule has 0 aliphatic carbocycles.